The highest BCUT2D eigenvalue weighted by Crippen LogP contribution is 2.61. The summed E-state index contributed by atoms with van der Waals surface area (Å²) in [6, 6.07) is 6.07. The van der Waals surface area contributed by atoms with Gasteiger partial charge in [0.15, 0.2) is 0 Å². The highest BCUT2D eigenvalue weighted by molar-refractivity contribution is 8.05. The lowest BCUT2D eigenvalue weighted by molar-refractivity contribution is -0.384. The van der Waals surface area contributed by atoms with Crippen molar-refractivity contribution in [1.82, 2.24) is 9.80 Å². The lowest BCUT2D eigenvalue weighted by atomic mass is 9.77. The summed E-state index contributed by atoms with van der Waals surface area (Å²) in [5.74, 6) is -0.976. The third kappa shape index (κ3) is 4.06. The Bertz CT molecular complexity index is 1040. The summed E-state index contributed by atoms with van der Waals surface area (Å²) < 4.78 is 0. The summed E-state index contributed by atoms with van der Waals surface area (Å²) in [4.78, 5) is 51.1. The van der Waals surface area contributed by atoms with Crippen LogP contribution in [0.4, 0.5) is 5.69 Å². The average molecular weight is 492 g/mol. The van der Waals surface area contributed by atoms with E-state index in [1.54, 1.807) is 24.0 Å². The van der Waals surface area contributed by atoms with Gasteiger partial charge in [0.25, 0.3) is 5.69 Å². The first-order valence-corrected chi connectivity index (χ1v) is 12.1. The number of amides is 2. The number of aliphatic hydroxyl groups excluding tert-OH is 1. The van der Waals surface area contributed by atoms with Crippen LogP contribution >= 0.6 is 24.4 Å². The van der Waals surface area contributed by atoms with Gasteiger partial charge in [0.1, 0.15) is 10.6 Å². The van der Waals surface area contributed by atoms with Crippen molar-refractivity contribution in [3.8, 4) is 0 Å². The number of likely N-dealkylation sites (tertiary alicyclic amines) is 1. The largest absolute Gasteiger partial charge is 0.392 e. The minimum absolute atomic E-state index is 0.0395. The maximum absolute atomic E-state index is 13.1. The zero-order valence-corrected chi connectivity index (χ0v) is 19.8. The van der Waals surface area contributed by atoms with Crippen LogP contribution in [0.15, 0.2) is 34.9 Å². The predicted octanol–water partition coefficient (Wildman–Crippen LogP) is 2.49. The van der Waals surface area contributed by atoms with Crippen molar-refractivity contribution in [3.63, 3.8) is 0 Å². The number of non-ortho nitro benzene ring substituents is 1. The number of thioether (sulfide) groups is 1. The molecule has 2 amide bonds. The molecular weight excluding hydrogens is 466 g/mol. The van der Waals surface area contributed by atoms with E-state index in [1.165, 1.54) is 28.8 Å². The molecule has 0 spiro atoms. The Balaban J connectivity index is 1.66. The maximum Gasteiger partial charge on any atom is 0.269 e. The van der Waals surface area contributed by atoms with Crippen LogP contribution in [0.1, 0.15) is 38.2 Å². The number of aliphatic hydroxyl groups is 1. The van der Waals surface area contributed by atoms with Crippen LogP contribution in [0, 0.1) is 16.0 Å². The zero-order valence-electron chi connectivity index (χ0n) is 18.1. The second-order valence-corrected chi connectivity index (χ2v) is 10.3. The number of fused-ring (bicyclic) bond motifs is 1. The SMILES string of the molecule is CC[C@H](O)[C@@H]1C(=O)N2C(C(=O)S)=C(CCN3CCCC3=O)S[C@]12Cc1ccc([N+](=O)[O-])cc1. The molecule has 33 heavy (non-hydrogen) atoms. The van der Waals surface area contributed by atoms with Crippen LogP contribution in [0.5, 0.6) is 0 Å². The lowest BCUT2D eigenvalue weighted by Crippen LogP contribution is -2.71. The Morgan fingerprint density at radius 2 is 2.06 bits per heavy atom. The average Bonchev–Trinajstić information content (AvgIpc) is 3.31. The summed E-state index contributed by atoms with van der Waals surface area (Å²) >= 11 is 5.40. The summed E-state index contributed by atoms with van der Waals surface area (Å²) in [5.41, 5.74) is 0.921. The molecule has 2 fully saturated rings. The number of nitrogens with zero attached hydrogens (tertiary/aromatic N) is 3. The lowest BCUT2D eigenvalue weighted by Gasteiger charge is -2.55. The molecule has 3 aliphatic rings. The first kappa shape index (κ1) is 23.8. The second kappa shape index (κ2) is 9.11. The van der Waals surface area contributed by atoms with Gasteiger partial charge in [0, 0.05) is 43.0 Å². The second-order valence-electron chi connectivity index (χ2n) is 8.49. The molecule has 1 aromatic rings. The molecule has 0 aliphatic carbocycles. The minimum Gasteiger partial charge on any atom is -0.392 e. The van der Waals surface area contributed by atoms with E-state index in [0.717, 1.165) is 12.0 Å². The number of hydrogen-bond donors (Lipinski definition) is 2. The fourth-order valence-electron chi connectivity index (χ4n) is 4.90. The summed E-state index contributed by atoms with van der Waals surface area (Å²) in [6.07, 6.45) is 1.52. The molecule has 176 valence electrons. The van der Waals surface area contributed by atoms with Crippen LogP contribution < -0.4 is 0 Å². The Morgan fingerprint density at radius 1 is 1.36 bits per heavy atom. The standard InChI is InChI=1S/C22H25N3O6S2/c1-2-15(26)18-20(28)24-19(21(29)32)16(9-11-23-10-3-4-17(23)27)33-22(18,24)12-13-5-7-14(8-6-13)25(30)31/h5-8,15,18,26H,2-4,9-12H2,1H3,(H,29,32)/t15-,18+,22+/m0/s1. The molecule has 2 saturated heterocycles. The molecule has 0 saturated carbocycles. The van der Waals surface area contributed by atoms with Crippen molar-refractivity contribution < 1.29 is 24.4 Å². The van der Waals surface area contributed by atoms with Gasteiger partial charge in [-0.1, -0.05) is 43.4 Å². The van der Waals surface area contributed by atoms with E-state index in [2.05, 4.69) is 12.6 Å². The molecule has 3 atom stereocenters. The van der Waals surface area contributed by atoms with Crippen LogP contribution in [0.3, 0.4) is 0 Å². The topological polar surface area (TPSA) is 121 Å². The molecule has 0 aromatic heterocycles. The van der Waals surface area contributed by atoms with Gasteiger partial charge in [-0.05, 0) is 24.8 Å². The number of hydrogen-bond acceptors (Lipinski definition) is 7. The van der Waals surface area contributed by atoms with E-state index in [-0.39, 0.29) is 23.2 Å². The molecule has 3 aliphatic heterocycles. The van der Waals surface area contributed by atoms with Crippen molar-refractivity contribution in [3.05, 3.63) is 50.5 Å². The fraction of sp³-hybridized carbons (Fsp3) is 0.500. The number of β-lactam (4-membered cyclic amide) rings is 1. The normalized spacial score (nSPS) is 25.4. The molecule has 0 bridgehead atoms. The number of nitro groups is 1. The molecule has 1 N–H and O–H groups in total. The van der Waals surface area contributed by atoms with Crippen LogP contribution in [-0.4, -0.2) is 60.8 Å². The monoisotopic (exact) mass is 491 g/mol. The highest BCUT2D eigenvalue weighted by Gasteiger charge is 2.68. The van der Waals surface area contributed by atoms with Gasteiger partial charge in [0.05, 0.1) is 16.9 Å². The van der Waals surface area contributed by atoms with Crippen LogP contribution in [0.25, 0.3) is 0 Å². The van der Waals surface area contributed by atoms with Crippen molar-refractivity contribution in [2.24, 2.45) is 5.92 Å². The Hall–Kier alpha value is -2.37. The van der Waals surface area contributed by atoms with E-state index < -0.39 is 26.9 Å². The van der Waals surface area contributed by atoms with E-state index >= 15 is 0 Å². The highest BCUT2D eigenvalue weighted by atomic mass is 32.2. The Labute approximate surface area is 200 Å². The molecular formula is C22H25N3O6S2. The molecule has 0 radical (unpaired) electrons. The van der Waals surface area contributed by atoms with Crippen LogP contribution in [0.2, 0.25) is 0 Å². The first-order valence-electron chi connectivity index (χ1n) is 10.9. The molecule has 0 unspecified atom stereocenters. The summed E-state index contributed by atoms with van der Waals surface area (Å²) in [5, 5.41) is 21.2. The number of rotatable bonds is 9. The number of benzene rings is 1. The number of nitro benzene ring substituents is 1. The fourth-order valence-corrected chi connectivity index (χ4v) is 7.01. The number of carbonyl (C=O) groups is 3. The van der Waals surface area contributed by atoms with Gasteiger partial charge in [-0.2, -0.15) is 0 Å². The molecule has 3 heterocycles. The third-order valence-corrected chi connectivity index (χ3v) is 8.32. The summed E-state index contributed by atoms with van der Waals surface area (Å²) in [7, 11) is 0. The molecule has 1 aromatic carbocycles. The predicted molar refractivity (Wildman–Crippen MR) is 125 cm³/mol. The third-order valence-electron chi connectivity index (χ3n) is 6.53. The molecule has 4 rings (SSSR count). The van der Waals surface area contributed by atoms with E-state index in [1.807, 2.05) is 0 Å². The Kier molecular flexibility index (Phi) is 6.56. The molecule has 9 nitrogen and oxygen atoms in total. The van der Waals surface area contributed by atoms with Gasteiger partial charge in [-0.15, -0.1) is 0 Å². The Morgan fingerprint density at radius 3 is 2.61 bits per heavy atom. The maximum atomic E-state index is 13.1. The van der Waals surface area contributed by atoms with Crippen molar-refractivity contribution in [1.29, 1.82) is 0 Å². The van der Waals surface area contributed by atoms with E-state index in [0.29, 0.717) is 43.7 Å². The van der Waals surface area contributed by atoms with Crippen molar-refractivity contribution in [2.75, 3.05) is 13.1 Å². The zero-order chi connectivity index (χ0) is 23.9. The van der Waals surface area contributed by atoms with Crippen LogP contribution in [-0.2, 0) is 20.8 Å². The van der Waals surface area contributed by atoms with E-state index in [9.17, 15) is 29.6 Å². The van der Waals surface area contributed by atoms with Gasteiger partial charge in [0.2, 0.25) is 16.9 Å². The van der Waals surface area contributed by atoms with E-state index in [4.69, 9.17) is 0 Å². The van der Waals surface area contributed by atoms with Gasteiger partial charge in [-0.25, -0.2) is 0 Å². The van der Waals surface area contributed by atoms with Gasteiger partial charge in [-0.3, -0.25) is 29.4 Å². The summed E-state index contributed by atoms with van der Waals surface area (Å²) in [6.45, 7) is 2.91. The smallest absolute Gasteiger partial charge is 0.269 e. The van der Waals surface area contributed by atoms with Gasteiger partial charge >= 0.3 is 0 Å². The first-order chi connectivity index (χ1) is 15.7. The van der Waals surface area contributed by atoms with Gasteiger partial charge < -0.3 is 10.0 Å². The van der Waals surface area contributed by atoms with Crippen molar-refractivity contribution in [2.45, 2.75) is 50.0 Å². The number of carbonyl (C=O) groups excluding carboxylic acids is 3. The van der Waals surface area contributed by atoms with Crippen molar-refractivity contribution >= 4 is 47.0 Å². The minimum atomic E-state index is -0.916. The number of thiol groups is 1. The molecule has 11 heteroatoms. The quantitative estimate of drug-likeness (QED) is 0.236.